The molecular weight excluding hydrogens is 196 g/mol. The van der Waals surface area contributed by atoms with Gasteiger partial charge in [0.2, 0.25) is 15.9 Å². The third-order valence-electron chi connectivity index (χ3n) is 1.43. The van der Waals surface area contributed by atoms with Crippen LogP contribution in [0.25, 0.3) is 0 Å². The van der Waals surface area contributed by atoms with Crippen LogP contribution in [-0.4, -0.2) is 49.2 Å². The molecule has 0 heterocycles. The van der Waals surface area contributed by atoms with Crippen LogP contribution in [0, 0.1) is 0 Å². The predicted octanol–water partition coefficient (Wildman–Crippen LogP) is -1.88. The molecule has 0 aliphatic heterocycles. The second-order valence-electron chi connectivity index (χ2n) is 2.43. The van der Waals surface area contributed by atoms with Crippen LogP contribution in [-0.2, 0) is 14.8 Å². The number of rotatable bonds is 6. The summed E-state index contributed by atoms with van der Waals surface area (Å²) in [5, 5.41) is 8.46. The van der Waals surface area contributed by atoms with E-state index in [1.165, 1.54) is 0 Å². The molecule has 0 aliphatic rings. The fourth-order valence-electron chi connectivity index (χ4n) is 0.825. The standard InChI is InChI=1S/C6H14N2O4S/c1-2-8(5-6(7)10)13(11,12)4-3-9/h9H,2-5H2,1H3,(H2,7,10). The summed E-state index contributed by atoms with van der Waals surface area (Å²) in [4.78, 5) is 10.5. The van der Waals surface area contributed by atoms with Gasteiger partial charge in [0.25, 0.3) is 0 Å². The number of sulfonamides is 1. The number of hydrogen-bond donors (Lipinski definition) is 2. The molecule has 0 radical (unpaired) electrons. The zero-order valence-corrected chi connectivity index (χ0v) is 8.25. The molecule has 0 saturated heterocycles. The van der Waals surface area contributed by atoms with Crippen molar-refractivity contribution in [1.29, 1.82) is 0 Å². The fraction of sp³-hybridized carbons (Fsp3) is 0.833. The Morgan fingerprint density at radius 2 is 2.08 bits per heavy atom. The van der Waals surface area contributed by atoms with Crippen molar-refractivity contribution in [3.8, 4) is 0 Å². The highest BCUT2D eigenvalue weighted by molar-refractivity contribution is 7.89. The van der Waals surface area contributed by atoms with Crippen LogP contribution in [0.2, 0.25) is 0 Å². The molecule has 0 atom stereocenters. The predicted molar refractivity (Wildman–Crippen MR) is 47.3 cm³/mol. The topological polar surface area (TPSA) is 101 Å². The van der Waals surface area contributed by atoms with Crippen molar-refractivity contribution in [1.82, 2.24) is 4.31 Å². The Bertz CT molecular complexity index is 262. The first-order valence-corrected chi connectivity index (χ1v) is 5.42. The number of aliphatic hydroxyl groups excluding tert-OH is 1. The first kappa shape index (κ1) is 12.3. The Labute approximate surface area is 77.4 Å². The Kier molecular flexibility index (Phi) is 4.89. The van der Waals surface area contributed by atoms with Gasteiger partial charge in [-0.3, -0.25) is 4.79 Å². The van der Waals surface area contributed by atoms with E-state index in [-0.39, 0.29) is 18.8 Å². The van der Waals surface area contributed by atoms with Crippen LogP contribution >= 0.6 is 0 Å². The highest BCUT2D eigenvalue weighted by Crippen LogP contribution is 1.99. The summed E-state index contributed by atoms with van der Waals surface area (Å²) < 4.78 is 23.4. The molecule has 0 fully saturated rings. The van der Waals surface area contributed by atoms with E-state index in [2.05, 4.69) is 0 Å². The zero-order valence-electron chi connectivity index (χ0n) is 7.43. The summed E-state index contributed by atoms with van der Waals surface area (Å²) >= 11 is 0. The first-order valence-electron chi connectivity index (χ1n) is 3.81. The molecular formula is C6H14N2O4S. The monoisotopic (exact) mass is 210 g/mol. The van der Waals surface area contributed by atoms with Gasteiger partial charge in [0.15, 0.2) is 0 Å². The van der Waals surface area contributed by atoms with Gasteiger partial charge >= 0.3 is 0 Å². The van der Waals surface area contributed by atoms with Crippen molar-refractivity contribution < 1.29 is 18.3 Å². The van der Waals surface area contributed by atoms with E-state index in [0.717, 1.165) is 4.31 Å². The molecule has 0 rings (SSSR count). The molecule has 78 valence electrons. The fourth-order valence-corrected chi connectivity index (χ4v) is 2.03. The van der Waals surface area contributed by atoms with Crippen LogP contribution in [0.5, 0.6) is 0 Å². The lowest BCUT2D eigenvalue weighted by molar-refractivity contribution is -0.118. The van der Waals surface area contributed by atoms with E-state index in [9.17, 15) is 13.2 Å². The average Bonchev–Trinajstić information content (AvgIpc) is 1.99. The van der Waals surface area contributed by atoms with E-state index in [4.69, 9.17) is 10.8 Å². The number of aliphatic hydroxyl groups is 1. The molecule has 0 aromatic heterocycles. The lowest BCUT2D eigenvalue weighted by Crippen LogP contribution is -2.40. The summed E-state index contributed by atoms with van der Waals surface area (Å²) in [6.07, 6.45) is 0. The van der Waals surface area contributed by atoms with Crippen molar-refractivity contribution in [3.63, 3.8) is 0 Å². The number of likely N-dealkylation sites (N-methyl/N-ethyl adjacent to an activating group) is 1. The normalized spacial score (nSPS) is 11.9. The quantitative estimate of drug-likeness (QED) is 0.535. The maximum atomic E-state index is 11.3. The summed E-state index contributed by atoms with van der Waals surface area (Å²) in [7, 11) is -3.54. The van der Waals surface area contributed by atoms with E-state index in [1.807, 2.05) is 0 Å². The Balaban J connectivity index is 4.47. The lowest BCUT2D eigenvalue weighted by Gasteiger charge is -2.17. The van der Waals surface area contributed by atoms with Crippen molar-refractivity contribution in [2.75, 3.05) is 25.4 Å². The van der Waals surface area contributed by atoms with Crippen LogP contribution in [0.4, 0.5) is 0 Å². The van der Waals surface area contributed by atoms with Gasteiger partial charge in [-0.05, 0) is 0 Å². The average molecular weight is 210 g/mol. The van der Waals surface area contributed by atoms with E-state index in [1.54, 1.807) is 6.92 Å². The Morgan fingerprint density at radius 1 is 1.54 bits per heavy atom. The molecule has 13 heavy (non-hydrogen) atoms. The molecule has 3 N–H and O–H groups in total. The van der Waals surface area contributed by atoms with Crippen LogP contribution < -0.4 is 5.73 Å². The minimum Gasteiger partial charge on any atom is -0.395 e. The van der Waals surface area contributed by atoms with Crippen LogP contribution in [0.15, 0.2) is 0 Å². The lowest BCUT2D eigenvalue weighted by atomic mass is 10.6. The number of hydrogen-bond acceptors (Lipinski definition) is 4. The van der Waals surface area contributed by atoms with Gasteiger partial charge in [0, 0.05) is 6.54 Å². The maximum absolute atomic E-state index is 11.3. The zero-order chi connectivity index (χ0) is 10.5. The van der Waals surface area contributed by atoms with E-state index in [0.29, 0.717) is 0 Å². The maximum Gasteiger partial charge on any atom is 0.232 e. The first-order chi connectivity index (χ1) is 5.94. The van der Waals surface area contributed by atoms with Crippen molar-refractivity contribution in [2.45, 2.75) is 6.92 Å². The minimum absolute atomic E-state index is 0.172. The van der Waals surface area contributed by atoms with Gasteiger partial charge in [-0.2, -0.15) is 4.31 Å². The van der Waals surface area contributed by atoms with Gasteiger partial charge in [0.05, 0.1) is 18.9 Å². The summed E-state index contributed by atoms with van der Waals surface area (Å²) in [5.41, 5.74) is 4.85. The Hall–Kier alpha value is -0.660. The molecule has 6 nitrogen and oxygen atoms in total. The number of carbonyl (C=O) groups is 1. The van der Waals surface area contributed by atoms with Crippen molar-refractivity contribution >= 4 is 15.9 Å². The second kappa shape index (κ2) is 5.15. The van der Waals surface area contributed by atoms with Gasteiger partial charge in [-0.1, -0.05) is 6.92 Å². The molecule has 0 saturated carbocycles. The second-order valence-corrected chi connectivity index (χ2v) is 4.52. The van der Waals surface area contributed by atoms with Crippen molar-refractivity contribution in [2.24, 2.45) is 5.73 Å². The molecule has 7 heteroatoms. The number of nitrogens with zero attached hydrogens (tertiary/aromatic N) is 1. The smallest absolute Gasteiger partial charge is 0.232 e. The van der Waals surface area contributed by atoms with Gasteiger partial charge in [-0.15, -0.1) is 0 Å². The summed E-state index contributed by atoms with van der Waals surface area (Å²) in [6, 6.07) is 0. The molecule has 0 bridgehead atoms. The molecule has 0 spiro atoms. The Morgan fingerprint density at radius 3 is 2.38 bits per heavy atom. The minimum atomic E-state index is -3.54. The SMILES string of the molecule is CCN(CC(N)=O)S(=O)(=O)CCO. The van der Waals surface area contributed by atoms with E-state index >= 15 is 0 Å². The van der Waals surface area contributed by atoms with Gasteiger partial charge < -0.3 is 10.8 Å². The molecule has 0 aromatic carbocycles. The number of primary amides is 1. The highest BCUT2D eigenvalue weighted by atomic mass is 32.2. The van der Waals surface area contributed by atoms with E-state index < -0.39 is 22.5 Å². The third-order valence-corrected chi connectivity index (χ3v) is 3.30. The number of nitrogens with two attached hydrogens (primary N) is 1. The van der Waals surface area contributed by atoms with Gasteiger partial charge in [0.1, 0.15) is 0 Å². The molecule has 1 amide bonds. The van der Waals surface area contributed by atoms with Crippen LogP contribution in [0.1, 0.15) is 6.92 Å². The largest absolute Gasteiger partial charge is 0.395 e. The van der Waals surface area contributed by atoms with Crippen molar-refractivity contribution in [3.05, 3.63) is 0 Å². The summed E-state index contributed by atoms with van der Waals surface area (Å²) in [6.45, 7) is 0.972. The van der Waals surface area contributed by atoms with Crippen LogP contribution in [0.3, 0.4) is 0 Å². The molecule has 0 aliphatic carbocycles. The van der Waals surface area contributed by atoms with Gasteiger partial charge in [-0.25, -0.2) is 8.42 Å². The molecule has 0 unspecified atom stereocenters. The highest BCUT2D eigenvalue weighted by Gasteiger charge is 2.20. The third kappa shape index (κ3) is 4.20. The molecule has 0 aromatic rings. The number of amides is 1. The summed E-state index contributed by atoms with van der Waals surface area (Å²) in [5.74, 6) is -1.09. The number of carbonyl (C=O) groups excluding carboxylic acids is 1.